The predicted molar refractivity (Wildman–Crippen MR) is 137 cm³/mol. The molecule has 5 heteroatoms. The summed E-state index contributed by atoms with van der Waals surface area (Å²) in [7, 11) is 0. The van der Waals surface area contributed by atoms with Gasteiger partial charge in [-0.05, 0) is 41.7 Å². The van der Waals surface area contributed by atoms with E-state index in [9.17, 15) is 0 Å². The van der Waals surface area contributed by atoms with Crippen molar-refractivity contribution in [2.75, 3.05) is 26.2 Å². The molecule has 0 spiro atoms. The lowest BCUT2D eigenvalue weighted by Gasteiger charge is -2.15. The number of benzene rings is 3. The highest BCUT2D eigenvalue weighted by Gasteiger charge is 2.11. The molecule has 3 N–H and O–H groups in total. The standard InChI is InChI=1S/C28H27N5/c1-13-29-27(30-14-1)22-9-5-20(6-10-22)19-3-7-21(8-4-19)25-17-23-11-12-24(18-26(23)33-25)28-31-15-2-16-32-28/h3-12,17-18,33H,1-2,13-16H2,(H,29,30)(H,31,32). The van der Waals surface area contributed by atoms with Crippen LogP contribution in [0.3, 0.4) is 0 Å². The van der Waals surface area contributed by atoms with Crippen molar-refractivity contribution in [1.82, 2.24) is 15.6 Å². The van der Waals surface area contributed by atoms with Gasteiger partial charge in [-0.2, -0.15) is 0 Å². The number of aromatic amines is 1. The number of nitrogens with zero attached hydrogens (tertiary/aromatic N) is 2. The van der Waals surface area contributed by atoms with E-state index in [0.29, 0.717) is 0 Å². The van der Waals surface area contributed by atoms with E-state index in [1.54, 1.807) is 0 Å². The third kappa shape index (κ3) is 4.02. The zero-order valence-corrected chi connectivity index (χ0v) is 18.6. The lowest BCUT2D eigenvalue weighted by molar-refractivity contribution is 0.742. The van der Waals surface area contributed by atoms with Gasteiger partial charge < -0.3 is 15.6 Å². The molecular formula is C28H27N5. The van der Waals surface area contributed by atoms with Gasteiger partial charge in [0.15, 0.2) is 0 Å². The Kier molecular flexibility index (Phi) is 5.15. The number of hydrogen-bond acceptors (Lipinski definition) is 4. The summed E-state index contributed by atoms with van der Waals surface area (Å²) in [5, 5.41) is 8.01. The Hall–Kier alpha value is -3.86. The van der Waals surface area contributed by atoms with Gasteiger partial charge in [-0.1, -0.05) is 60.7 Å². The Morgan fingerprint density at radius 1 is 0.545 bits per heavy atom. The van der Waals surface area contributed by atoms with Gasteiger partial charge >= 0.3 is 0 Å². The smallest absolute Gasteiger partial charge is 0.128 e. The van der Waals surface area contributed by atoms with E-state index in [2.05, 4.69) is 98.4 Å². The van der Waals surface area contributed by atoms with Gasteiger partial charge in [-0.15, -0.1) is 0 Å². The van der Waals surface area contributed by atoms with Crippen LogP contribution in [-0.4, -0.2) is 42.8 Å². The van der Waals surface area contributed by atoms with Crippen LogP contribution in [0.5, 0.6) is 0 Å². The van der Waals surface area contributed by atoms with Gasteiger partial charge in [-0.25, -0.2) is 0 Å². The molecule has 0 aliphatic carbocycles. The SMILES string of the molecule is c1cc(-c2ccc(-c3cc4ccc(C5=NCCCN5)cc4[nH]3)cc2)ccc1C1=NCCCN1. The highest BCUT2D eigenvalue weighted by Crippen LogP contribution is 2.28. The van der Waals surface area contributed by atoms with E-state index in [1.165, 1.54) is 22.1 Å². The Morgan fingerprint density at radius 3 is 1.70 bits per heavy atom. The zero-order valence-electron chi connectivity index (χ0n) is 18.6. The molecule has 0 unspecified atom stereocenters. The summed E-state index contributed by atoms with van der Waals surface area (Å²) in [5.41, 5.74) is 8.17. The van der Waals surface area contributed by atoms with E-state index in [0.717, 1.165) is 73.0 Å². The number of amidine groups is 2. The average Bonchev–Trinajstić information content (AvgIpc) is 3.33. The summed E-state index contributed by atoms with van der Waals surface area (Å²) >= 11 is 0. The fourth-order valence-corrected chi connectivity index (χ4v) is 4.54. The molecule has 2 aliphatic rings. The van der Waals surface area contributed by atoms with Crippen molar-refractivity contribution in [3.63, 3.8) is 0 Å². The summed E-state index contributed by atoms with van der Waals surface area (Å²) in [6.45, 7) is 3.81. The number of aliphatic imine (C=N–C) groups is 2. The minimum absolute atomic E-state index is 0.900. The molecule has 4 aromatic rings. The van der Waals surface area contributed by atoms with Crippen molar-refractivity contribution in [3.8, 4) is 22.4 Å². The largest absolute Gasteiger partial charge is 0.370 e. The molecule has 3 aromatic carbocycles. The highest BCUT2D eigenvalue weighted by atomic mass is 15.0. The number of fused-ring (bicyclic) bond motifs is 1. The van der Waals surface area contributed by atoms with E-state index in [-0.39, 0.29) is 0 Å². The maximum absolute atomic E-state index is 4.62. The quantitative estimate of drug-likeness (QED) is 0.425. The predicted octanol–water partition coefficient (Wildman–Crippen LogP) is 4.98. The first kappa shape index (κ1) is 19.8. The molecule has 2 aliphatic heterocycles. The van der Waals surface area contributed by atoms with Crippen molar-refractivity contribution in [1.29, 1.82) is 0 Å². The Bertz CT molecular complexity index is 1340. The number of H-pyrrole nitrogens is 1. The van der Waals surface area contributed by atoms with Crippen LogP contribution < -0.4 is 10.6 Å². The highest BCUT2D eigenvalue weighted by molar-refractivity contribution is 6.02. The second-order valence-electron chi connectivity index (χ2n) is 8.66. The minimum Gasteiger partial charge on any atom is -0.370 e. The molecule has 3 heterocycles. The van der Waals surface area contributed by atoms with E-state index in [1.807, 2.05) is 0 Å². The third-order valence-corrected chi connectivity index (χ3v) is 6.38. The van der Waals surface area contributed by atoms with Crippen LogP contribution in [0.1, 0.15) is 24.0 Å². The van der Waals surface area contributed by atoms with Gasteiger partial charge in [0, 0.05) is 53.9 Å². The molecule has 0 fully saturated rings. The van der Waals surface area contributed by atoms with Crippen molar-refractivity contribution in [2.45, 2.75) is 12.8 Å². The molecule has 6 rings (SSSR count). The lowest BCUT2D eigenvalue weighted by atomic mass is 10.0. The molecule has 33 heavy (non-hydrogen) atoms. The van der Waals surface area contributed by atoms with Crippen LogP contribution in [0.25, 0.3) is 33.3 Å². The Morgan fingerprint density at radius 2 is 1.09 bits per heavy atom. The zero-order chi connectivity index (χ0) is 22.0. The maximum Gasteiger partial charge on any atom is 0.128 e. The molecule has 0 saturated carbocycles. The molecule has 0 bridgehead atoms. The van der Waals surface area contributed by atoms with Crippen molar-refractivity contribution in [3.05, 3.63) is 83.9 Å². The van der Waals surface area contributed by atoms with Gasteiger partial charge in [0.2, 0.25) is 0 Å². The van der Waals surface area contributed by atoms with Crippen LogP contribution >= 0.6 is 0 Å². The van der Waals surface area contributed by atoms with E-state index >= 15 is 0 Å². The van der Waals surface area contributed by atoms with E-state index < -0.39 is 0 Å². The topological polar surface area (TPSA) is 64.6 Å². The fraction of sp³-hybridized carbons (Fsp3) is 0.214. The minimum atomic E-state index is 0.900. The monoisotopic (exact) mass is 433 g/mol. The fourth-order valence-electron chi connectivity index (χ4n) is 4.54. The van der Waals surface area contributed by atoms with Gasteiger partial charge in [0.25, 0.3) is 0 Å². The summed E-state index contributed by atoms with van der Waals surface area (Å²) in [6.07, 6.45) is 2.21. The summed E-state index contributed by atoms with van der Waals surface area (Å²) < 4.78 is 0. The lowest BCUT2D eigenvalue weighted by Crippen LogP contribution is -2.30. The molecule has 5 nitrogen and oxygen atoms in total. The summed E-state index contributed by atoms with van der Waals surface area (Å²) in [5.74, 6) is 2.01. The van der Waals surface area contributed by atoms with E-state index in [4.69, 9.17) is 0 Å². The molecule has 0 radical (unpaired) electrons. The van der Waals surface area contributed by atoms with Crippen LogP contribution in [-0.2, 0) is 0 Å². The van der Waals surface area contributed by atoms with Crippen LogP contribution in [0.2, 0.25) is 0 Å². The molecule has 0 saturated heterocycles. The molecule has 0 atom stereocenters. The van der Waals surface area contributed by atoms with Gasteiger partial charge in [0.1, 0.15) is 11.7 Å². The second-order valence-corrected chi connectivity index (χ2v) is 8.66. The van der Waals surface area contributed by atoms with Crippen LogP contribution in [0.4, 0.5) is 0 Å². The van der Waals surface area contributed by atoms with Gasteiger partial charge in [0.05, 0.1) is 0 Å². The molecule has 1 aromatic heterocycles. The second kappa shape index (κ2) is 8.58. The number of aromatic nitrogens is 1. The Labute approximate surface area is 193 Å². The number of hydrogen-bond donors (Lipinski definition) is 3. The first-order valence-electron chi connectivity index (χ1n) is 11.7. The maximum atomic E-state index is 4.62. The first-order valence-corrected chi connectivity index (χ1v) is 11.7. The number of rotatable bonds is 4. The molecule has 164 valence electrons. The van der Waals surface area contributed by atoms with Crippen LogP contribution in [0, 0.1) is 0 Å². The summed E-state index contributed by atoms with van der Waals surface area (Å²) in [4.78, 5) is 12.8. The molecule has 0 amide bonds. The van der Waals surface area contributed by atoms with Crippen molar-refractivity contribution >= 4 is 22.6 Å². The number of nitrogens with one attached hydrogen (secondary N) is 3. The van der Waals surface area contributed by atoms with Gasteiger partial charge in [-0.3, -0.25) is 9.98 Å². The first-order chi connectivity index (χ1) is 16.3. The summed E-state index contributed by atoms with van der Waals surface area (Å²) in [6, 6.07) is 26.2. The Balaban J connectivity index is 1.23. The van der Waals surface area contributed by atoms with Crippen molar-refractivity contribution < 1.29 is 0 Å². The third-order valence-electron chi connectivity index (χ3n) is 6.38. The normalized spacial score (nSPS) is 16.0. The average molecular weight is 434 g/mol. The van der Waals surface area contributed by atoms with Crippen LogP contribution in [0.15, 0.2) is 82.8 Å². The molecular weight excluding hydrogens is 406 g/mol. The van der Waals surface area contributed by atoms with Crippen molar-refractivity contribution in [2.24, 2.45) is 9.98 Å².